The molecule has 0 unspecified atom stereocenters. The Labute approximate surface area is 144 Å². The zero-order valence-corrected chi connectivity index (χ0v) is 14.5. The summed E-state index contributed by atoms with van der Waals surface area (Å²) in [6, 6.07) is 14.0. The molecule has 0 N–H and O–H groups in total. The van der Waals surface area contributed by atoms with Gasteiger partial charge in [-0.25, -0.2) is 0 Å². The summed E-state index contributed by atoms with van der Waals surface area (Å²) in [5.74, 6) is 0.663. The molecule has 0 spiro atoms. The standard InChI is InChI=1S/C20H26N2O2/c1-16(2)14-18(21-10-6-7-11-21)20(23)22-12-13-24-19(15-22)17-8-4-3-5-9-17/h3-11,16,18-19H,12-15H2,1-2H3/t18-,19+/m0/s1. The van der Waals surface area contributed by atoms with Gasteiger partial charge in [-0.1, -0.05) is 44.2 Å². The van der Waals surface area contributed by atoms with Crippen LogP contribution in [0.1, 0.15) is 38.0 Å². The molecular weight excluding hydrogens is 300 g/mol. The number of ether oxygens (including phenoxy) is 1. The molecule has 128 valence electrons. The molecule has 4 heteroatoms. The summed E-state index contributed by atoms with van der Waals surface area (Å²) < 4.78 is 7.93. The van der Waals surface area contributed by atoms with E-state index in [0.717, 1.165) is 12.0 Å². The fourth-order valence-electron chi connectivity index (χ4n) is 3.28. The molecule has 3 rings (SSSR count). The molecule has 0 bridgehead atoms. The monoisotopic (exact) mass is 326 g/mol. The van der Waals surface area contributed by atoms with E-state index in [2.05, 4.69) is 26.0 Å². The van der Waals surface area contributed by atoms with Crippen molar-refractivity contribution in [3.05, 3.63) is 60.4 Å². The molecule has 24 heavy (non-hydrogen) atoms. The maximum Gasteiger partial charge on any atom is 0.245 e. The number of aromatic nitrogens is 1. The minimum absolute atomic E-state index is 0.0340. The number of hydrogen-bond donors (Lipinski definition) is 0. The van der Waals surface area contributed by atoms with Gasteiger partial charge in [-0.15, -0.1) is 0 Å². The van der Waals surface area contributed by atoms with Crippen molar-refractivity contribution in [2.45, 2.75) is 32.4 Å². The summed E-state index contributed by atoms with van der Waals surface area (Å²) >= 11 is 0. The van der Waals surface area contributed by atoms with Crippen LogP contribution in [0.2, 0.25) is 0 Å². The van der Waals surface area contributed by atoms with Crippen molar-refractivity contribution in [1.29, 1.82) is 0 Å². The third-order valence-electron chi connectivity index (χ3n) is 4.52. The van der Waals surface area contributed by atoms with Gasteiger partial charge in [0.15, 0.2) is 0 Å². The first-order chi connectivity index (χ1) is 11.6. The highest BCUT2D eigenvalue weighted by atomic mass is 16.5. The number of carbonyl (C=O) groups excluding carboxylic acids is 1. The number of rotatable bonds is 5. The molecule has 1 fully saturated rings. The van der Waals surface area contributed by atoms with E-state index in [1.807, 2.05) is 52.2 Å². The Kier molecular flexibility index (Phi) is 5.36. The lowest BCUT2D eigenvalue weighted by Gasteiger charge is -2.36. The highest BCUT2D eigenvalue weighted by Gasteiger charge is 2.31. The Morgan fingerprint density at radius 2 is 1.88 bits per heavy atom. The van der Waals surface area contributed by atoms with Gasteiger partial charge in [0.2, 0.25) is 5.91 Å². The molecule has 2 atom stereocenters. The lowest BCUT2D eigenvalue weighted by Crippen LogP contribution is -2.45. The third-order valence-corrected chi connectivity index (χ3v) is 4.52. The maximum atomic E-state index is 13.2. The molecule has 2 aromatic rings. The quantitative estimate of drug-likeness (QED) is 0.840. The molecule has 1 aliphatic heterocycles. The summed E-state index contributed by atoms with van der Waals surface area (Å²) in [6.07, 6.45) is 4.79. The molecule has 1 aliphatic rings. The Hall–Kier alpha value is -2.07. The molecule has 1 aromatic heterocycles. The molecule has 0 saturated carbocycles. The van der Waals surface area contributed by atoms with Crippen LogP contribution in [-0.4, -0.2) is 35.1 Å². The van der Waals surface area contributed by atoms with E-state index in [4.69, 9.17) is 4.74 Å². The second kappa shape index (κ2) is 7.67. The Morgan fingerprint density at radius 1 is 1.17 bits per heavy atom. The largest absolute Gasteiger partial charge is 0.370 e. The summed E-state index contributed by atoms with van der Waals surface area (Å²) in [4.78, 5) is 15.1. The molecule has 1 amide bonds. The van der Waals surface area contributed by atoms with Crippen molar-refractivity contribution < 1.29 is 9.53 Å². The Bertz CT molecular complexity index is 637. The highest BCUT2D eigenvalue weighted by Crippen LogP contribution is 2.26. The minimum atomic E-state index is -0.130. The average Bonchev–Trinajstić information content (AvgIpc) is 3.14. The van der Waals surface area contributed by atoms with Crippen LogP contribution in [-0.2, 0) is 9.53 Å². The van der Waals surface area contributed by atoms with Crippen LogP contribution >= 0.6 is 0 Å². The number of nitrogens with zero attached hydrogens (tertiary/aromatic N) is 2. The van der Waals surface area contributed by atoms with Gasteiger partial charge in [0.05, 0.1) is 13.2 Å². The first-order valence-electron chi connectivity index (χ1n) is 8.73. The number of benzene rings is 1. The molecular formula is C20H26N2O2. The topological polar surface area (TPSA) is 34.5 Å². The van der Waals surface area contributed by atoms with E-state index in [1.54, 1.807) is 0 Å². The van der Waals surface area contributed by atoms with E-state index in [-0.39, 0.29) is 18.1 Å². The second-order valence-corrected chi connectivity index (χ2v) is 6.83. The number of amides is 1. The van der Waals surface area contributed by atoms with Gasteiger partial charge in [-0.3, -0.25) is 4.79 Å². The lowest BCUT2D eigenvalue weighted by atomic mass is 10.0. The van der Waals surface area contributed by atoms with Gasteiger partial charge >= 0.3 is 0 Å². The summed E-state index contributed by atoms with van der Waals surface area (Å²) in [6.45, 7) is 6.20. The van der Waals surface area contributed by atoms with Gasteiger partial charge in [0, 0.05) is 18.9 Å². The summed E-state index contributed by atoms with van der Waals surface area (Å²) in [7, 11) is 0. The van der Waals surface area contributed by atoms with Crippen molar-refractivity contribution in [1.82, 2.24) is 9.47 Å². The fraction of sp³-hybridized carbons (Fsp3) is 0.450. The van der Waals surface area contributed by atoms with Gasteiger partial charge < -0.3 is 14.2 Å². The first-order valence-corrected chi connectivity index (χ1v) is 8.73. The number of hydrogen-bond acceptors (Lipinski definition) is 2. The average molecular weight is 326 g/mol. The van der Waals surface area contributed by atoms with Gasteiger partial charge in [-0.2, -0.15) is 0 Å². The summed E-state index contributed by atoms with van der Waals surface area (Å²) in [5, 5.41) is 0. The van der Waals surface area contributed by atoms with Crippen molar-refractivity contribution in [3.8, 4) is 0 Å². The lowest BCUT2D eigenvalue weighted by molar-refractivity contribution is -0.143. The van der Waals surface area contributed by atoms with Gasteiger partial charge in [0.25, 0.3) is 0 Å². The third kappa shape index (κ3) is 3.88. The molecule has 2 heterocycles. The molecule has 0 aliphatic carbocycles. The predicted octanol–water partition coefficient (Wildman–Crippen LogP) is 3.68. The van der Waals surface area contributed by atoms with Crippen LogP contribution < -0.4 is 0 Å². The zero-order valence-electron chi connectivity index (χ0n) is 14.5. The van der Waals surface area contributed by atoms with Crippen LogP contribution in [0.4, 0.5) is 0 Å². The first kappa shape index (κ1) is 16.8. The second-order valence-electron chi connectivity index (χ2n) is 6.83. The Balaban J connectivity index is 1.74. The smallest absolute Gasteiger partial charge is 0.245 e. The molecule has 1 saturated heterocycles. The van der Waals surface area contributed by atoms with Gasteiger partial charge in [-0.05, 0) is 30.0 Å². The van der Waals surface area contributed by atoms with Gasteiger partial charge in [0.1, 0.15) is 12.1 Å². The van der Waals surface area contributed by atoms with Crippen LogP contribution in [0.15, 0.2) is 54.9 Å². The van der Waals surface area contributed by atoms with E-state index in [0.29, 0.717) is 25.6 Å². The zero-order chi connectivity index (χ0) is 16.9. The number of morpholine rings is 1. The highest BCUT2D eigenvalue weighted by molar-refractivity contribution is 5.80. The minimum Gasteiger partial charge on any atom is -0.370 e. The Morgan fingerprint density at radius 3 is 2.54 bits per heavy atom. The van der Waals surface area contributed by atoms with E-state index >= 15 is 0 Å². The number of carbonyl (C=O) groups is 1. The van der Waals surface area contributed by atoms with Crippen molar-refractivity contribution in [3.63, 3.8) is 0 Å². The van der Waals surface area contributed by atoms with Crippen LogP contribution in [0, 0.1) is 5.92 Å². The van der Waals surface area contributed by atoms with Crippen LogP contribution in [0.3, 0.4) is 0 Å². The van der Waals surface area contributed by atoms with Crippen molar-refractivity contribution in [2.75, 3.05) is 19.7 Å². The van der Waals surface area contributed by atoms with Crippen molar-refractivity contribution >= 4 is 5.91 Å². The fourth-order valence-corrected chi connectivity index (χ4v) is 3.28. The molecule has 4 nitrogen and oxygen atoms in total. The maximum absolute atomic E-state index is 13.2. The SMILES string of the molecule is CC(C)C[C@@H](C(=O)N1CCO[C@@H](c2ccccc2)C1)n1cccc1. The van der Waals surface area contributed by atoms with E-state index in [9.17, 15) is 4.79 Å². The summed E-state index contributed by atoms with van der Waals surface area (Å²) in [5.41, 5.74) is 1.14. The molecule has 1 aromatic carbocycles. The predicted molar refractivity (Wildman–Crippen MR) is 94.6 cm³/mol. The van der Waals surface area contributed by atoms with E-state index < -0.39 is 0 Å². The van der Waals surface area contributed by atoms with Crippen molar-refractivity contribution in [2.24, 2.45) is 5.92 Å². The van der Waals surface area contributed by atoms with Crippen LogP contribution in [0.25, 0.3) is 0 Å². The molecule has 0 radical (unpaired) electrons. The normalized spacial score (nSPS) is 19.5. The van der Waals surface area contributed by atoms with Crippen LogP contribution in [0.5, 0.6) is 0 Å². The van der Waals surface area contributed by atoms with E-state index in [1.165, 1.54) is 0 Å².